The molecule has 1 atom stereocenters. The van der Waals surface area contributed by atoms with Crippen LogP contribution in [-0.4, -0.2) is 51.6 Å². The fraction of sp³-hybridized carbons (Fsp3) is 0.625. The number of nitrogens with one attached hydrogen (secondary N) is 1. The summed E-state index contributed by atoms with van der Waals surface area (Å²) in [5, 5.41) is 25.5. The van der Waals surface area contributed by atoms with Gasteiger partial charge in [-0.3, -0.25) is 25.2 Å². The molecule has 8 nitrogen and oxygen atoms in total. The van der Waals surface area contributed by atoms with Crippen molar-refractivity contribution in [3.63, 3.8) is 0 Å². The van der Waals surface area contributed by atoms with Gasteiger partial charge in [-0.15, -0.1) is 0 Å². The molecule has 0 saturated heterocycles. The SMILES string of the molecule is CN(C)NCC(O)Cn1cc([N+](=O)[O-])cn1. The van der Waals surface area contributed by atoms with Gasteiger partial charge >= 0.3 is 5.69 Å². The summed E-state index contributed by atoms with van der Waals surface area (Å²) in [7, 11) is 3.62. The third kappa shape index (κ3) is 3.93. The molecule has 0 aliphatic heterocycles. The van der Waals surface area contributed by atoms with Crippen LogP contribution in [0, 0.1) is 10.1 Å². The molecule has 1 rings (SSSR count). The van der Waals surface area contributed by atoms with E-state index in [0.717, 1.165) is 6.20 Å². The normalized spacial score (nSPS) is 13.0. The van der Waals surface area contributed by atoms with E-state index >= 15 is 0 Å². The van der Waals surface area contributed by atoms with Gasteiger partial charge in [-0.1, -0.05) is 0 Å². The number of hydrogen-bond acceptors (Lipinski definition) is 6. The van der Waals surface area contributed by atoms with Gasteiger partial charge in [0.1, 0.15) is 12.4 Å². The fourth-order valence-corrected chi connectivity index (χ4v) is 1.12. The molecule has 2 N–H and O–H groups in total. The van der Waals surface area contributed by atoms with Crippen molar-refractivity contribution in [3.8, 4) is 0 Å². The van der Waals surface area contributed by atoms with Gasteiger partial charge in [-0.2, -0.15) is 5.10 Å². The van der Waals surface area contributed by atoms with E-state index in [1.54, 1.807) is 5.01 Å². The number of hydrazine groups is 1. The van der Waals surface area contributed by atoms with Crippen molar-refractivity contribution < 1.29 is 10.0 Å². The van der Waals surface area contributed by atoms with Crippen molar-refractivity contribution in [1.82, 2.24) is 20.2 Å². The van der Waals surface area contributed by atoms with E-state index in [0.29, 0.717) is 6.54 Å². The lowest BCUT2D eigenvalue weighted by molar-refractivity contribution is -0.385. The molecule has 16 heavy (non-hydrogen) atoms. The Labute approximate surface area is 92.6 Å². The smallest absolute Gasteiger partial charge is 0.306 e. The topological polar surface area (TPSA) is 96.5 Å². The van der Waals surface area contributed by atoms with Gasteiger partial charge in [0.05, 0.1) is 17.6 Å². The Bertz CT molecular complexity index is 351. The maximum Gasteiger partial charge on any atom is 0.306 e. The second kappa shape index (κ2) is 5.54. The fourth-order valence-electron chi connectivity index (χ4n) is 1.12. The summed E-state index contributed by atoms with van der Waals surface area (Å²) in [6, 6.07) is 0. The van der Waals surface area contributed by atoms with E-state index in [2.05, 4.69) is 10.5 Å². The number of hydrogen-bond donors (Lipinski definition) is 2. The third-order valence-electron chi connectivity index (χ3n) is 1.87. The molecule has 1 aromatic rings. The second-order valence-electron chi connectivity index (χ2n) is 3.59. The molecule has 8 heteroatoms. The zero-order valence-corrected chi connectivity index (χ0v) is 9.20. The van der Waals surface area contributed by atoms with Gasteiger partial charge in [0.25, 0.3) is 0 Å². The predicted octanol–water partition coefficient (Wildman–Crippen LogP) is -0.782. The molecule has 0 aliphatic carbocycles. The highest BCUT2D eigenvalue weighted by Crippen LogP contribution is 2.07. The van der Waals surface area contributed by atoms with Crippen molar-refractivity contribution in [2.75, 3.05) is 20.6 Å². The molecule has 0 aromatic carbocycles. The van der Waals surface area contributed by atoms with Crippen LogP contribution in [0.1, 0.15) is 0 Å². The highest BCUT2D eigenvalue weighted by molar-refractivity contribution is 5.20. The first-order valence-electron chi connectivity index (χ1n) is 4.75. The number of nitro groups is 1. The van der Waals surface area contributed by atoms with E-state index in [1.165, 1.54) is 10.9 Å². The minimum Gasteiger partial charge on any atom is -0.390 e. The first-order chi connectivity index (χ1) is 7.49. The highest BCUT2D eigenvalue weighted by Gasteiger charge is 2.11. The van der Waals surface area contributed by atoms with Crippen LogP contribution in [0.3, 0.4) is 0 Å². The number of aromatic nitrogens is 2. The van der Waals surface area contributed by atoms with Crippen LogP contribution >= 0.6 is 0 Å². The average Bonchev–Trinajstić information content (AvgIpc) is 2.63. The van der Waals surface area contributed by atoms with Gasteiger partial charge < -0.3 is 5.11 Å². The largest absolute Gasteiger partial charge is 0.390 e. The van der Waals surface area contributed by atoms with Gasteiger partial charge in [0, 0.05) is 20.6 Å². The monoisotopic (exact) mass is 229 g/mol. The molecule has 0 amide bonds. The predicted molar refractivity (Wildman–Crippen MR) is 56.6 cm³/mol. The van der Waals surface area contributed by atoms with Crippen LogP contribution in [0.5, 0.6) is 0 Å². The maximum atomic E-state index is 10.4. The first-order valence-corrected chi connectivity index (χ1v) is 4.75. The van der Waals surface area contributed by atoms with Gasteiger partial charge in [0.2, 0.25) is 0 Å². The van der Waals surface area contributed by atoms with E-state index in [1.807, 2.05) is 14.1 Å². The van der Waals surface area contributed by atoms with Crippen molar-refractivity contribution >= 4 is 5.69 Å². The number of nitrogens with zero attached hydrogens (tertiary/aromatic N) is 4. The molecule has 0 aliphatic rings. The Morgan fingerprint density at radius 1 is 1.75 bits per heavy atom. The average molecular weight is 229 g/mol. The summed E-state index contributed by atoms with van der Waals surface area (Å²) in [4.78, 5) is 9.87. The number of rotatable bonds is 6. The van der Waals surface area contributed by atoms with Gasteiger partial charge in [-0.05, 0) is 0 Å². The molecule has 0 fully saturated rings. The van der Waals surface area contributed by atoms with E-state index in [-0.39, 0.29) is 12.2 Å². The van der Waals surface area contributed by atoms with Crippen molar-refractivity contribution in [1.29, 1.82) is 0 Å². The van der Waals surface area contributed by atoms with Gasteiger partial charge in [0.15, 0.2) is 0 Å². The molecular weight excluding hydrogens is 214 g/mol. The highest BCUT2D eigenvalue weighted by atomic mass is 16.6. The zero-order chi connectivity index (χ0) is 12.1. The molecule has 0 spiro atoms. The summed E-state index contributed by atoms with van der Waals surface area (Å²) < 4.78 is 1.35. The zero-order valence-electron chi connectivity index (χ0n) is 9.20. The lowest BCUT2D eigenvalue weighted by atomic mass is 10.3. The van der Waals surface area contributed by atoms with Crippen LogP contribution < -0.4 is 5.43 Å². The Morgan fingerprint density at radius 2 is 2.44 bits per heavy atom. The molecular formula is C8H15N5O3. The third-order valence-corrected chi connectivity index (χ3v) is 1.87. The summed E-state index contributed by atoms with van der Waals surface area (Å²) in [6.45, 7) is 0.579. The lowest BCUT2D eigenvalue weighted by Gasteiger charge is -2.15. The maximum absolute atomic E-state index is 10.4. The Kier molecular flexibility index (Phi) is 4.35. The number of aliphatic hydroxyl groups is 1. The standard InChI is InChI=1S/C8H15N5O3/c1-11(2)9-4-8(14)6-12-5-7(3-10-12)13(15)16/h3,5,8-9,14H,4,6H2,1-2H3. The van der Waals surface area contributed by atoms with Crippen LogP contribution in [0.4, 0.5) is 5.69 Å². The van der Waals surface area contributed by atoms with Crippen LogP contribution in [-0.2, 0) is 6.54 Å². The van der Waals surface area contributed by atoms with Crippen molar-refractivity contribution in [3.05, 3.63) is 22.5 Å². The number of aliphatic hydroxyl groups excluding tert-OH is 1. The van der Waals surface area contributed by atoms with E-state index < -0.39 is 11.0 Å². The minimum absolute atomic E-state index is 0.0761. The van der Waals surface area contributed by atoms with E-state index in [4.69, 9.17) is 0 Å². The summed E-state index contributed by atoms with van der Waals surface area (Å²) in [5.41, 5.74) is 2.83. The van der Waals surface area contributed by atoms with Crippen molar-refractivity contribution in [2.24, 2.45) is 0 Å². The summed E-state index contributed by atoms with van der Waals surface area (Å²) in [6.07, 6.45) is 1.80. The van der Waals surface area contributed by atoms with E-state index in [9.17, 15) is 15.2 Å². The first kappa shape index (κ1) is 12.6. The molecule has 0 saturated carbocycles. The molecule has 0 bridgehead atoms. The Balaban J connectivity index is 2.43. The molecule has 1 heterocycles. The molecule has 1 aromatic heterocycles. The van der Waals surface area contributed by atoms with Crippen LogP contribution in [0.2, 0.25) is 0 Å². The molecule has 0 radical (unpaired) electrons. The molecule has 1 unspecified atom stereocenters. The Hall–Kier alpha value is -1.51. The lowest BCUT2D eigenvalue weighted by Crippen LogP contribution is -2.38. The Morgan fingerprint density at radius 3 is 2.94 bits per heavy atom. The quantitative estimate of drug-likeness (QED) is 0.490. The molecule has 90 valence electrons. The van der Waals surface area contributed by atoms with Crippen LogP contribution in [0.25, 0.3) is 0 Å². The van der Waals surface area contributed by atoms with Gasteiger partial charge in [-0.25, -0.2) is 0 Å². The second-order valence-corrected chi connectivity index (χ2v) is 3.59. The minimum atomic E-state index is -0.651. The summed E-state index contributed by atoms with van der Waals surface area (Å²) >= 11 is 0. The van der Waals surface area contributed by atoms with Crippen LogP contribution in [0.15, 0.2) is 12.4 Å². The summed E-state index contributed by atoms with van der Waals surface area (Å²) in [5.74, 6) is 0. The van der Waals surface area contributed by atoms with Crippen molar-refractivity contribution in [2.45, 2.75) is 12.6 Å².